The lowest BCUT2D eigenvalue weighted by atomic mass is 9.99. The molecule has 9 heavy (non-hydrogen) atoms. The Balaban J connectivity index is 2.18. The molecule has 0 aliphatic carbocycles. The number of likely N-dealkylation sites (tertiary alicyclic amines) is 1. The van der Waals surface area contributed by atoms with Crippen molar-refractivity contribution in [2.75, 3.05) is 19.6 Å². The maximum atomic E-state index is 2.53. The first-order valence-electron chi connectivity index (χ1n) is 4.05. The van der Waals surface area contributed by atoms with Gasteiger partial charge < -0.3 is 4.90 Å². The Bertz CT molecular complexity index is 72.6. The minimum atomic E-state index is 0.979. The quantitative estimate of drug-likeness (QED) is 0.518. The third-order valence-electron chi connectivity index (χ3n) is 2.32. The minimum Gasteiger partial charge on any atom is -0.304 e. The molecule has 1 aliphatic rings. The van der Waals surface area contributed by atoms with E-state index in [0.717, 1.165) is 5.92 Å². The van der Waals surface area contributed by atoms with Crippen LogP contribution in [0.15, 0.2) is 0 Å². The molecule has 0 unspecified atom stereocenters. The van der Waals surface area contributed by atoms with Crippen LogP contribution in [0, 0.1) is 5.92 Å². The smallest absolute Gasteiger partial charge is 0.00163 e. The number of rotatable bonds is 1. The van der Waals surface area contributed by atoms with E-state index in [-0.39, 0.29) is 0 Å². The van der Waals surface area contributed by atoms with Crippen molar-refractivity contribution < 1.29 is 0 Å². The normalized spacial score (nSPS) is 24.7. The summed E-state index contributed by atoms with van der Waals surface area (Å²) in [5.74, 6) is 0.979. The van der Waals surface area contributed by atoms with E-state index in [1.807, 2.05) is 0 Å². The van der Waals surface area contributed by atoms with Gasteiger partial charge in [0, 0.05) is 0 Å². The van der Waals surface area contributed by atoms with Crippen molar-refractivity contribution in [3.05, 3.63) is 0 Å². The van der Waals surface area contributed by atoms with Gasteiger partial charge in [0.25, 0.3) is 0 Å². The van der Waals surface area contributed by atoms with Crippen LogP contribution in [0.4, 0.5) is 0 Å². The van der Waals surface area contributed by atoms with E-state index < -0.39 is 0 Å². The molecule has 1 nitrogen and oxygen atoms in total. The number of piperidine rings is 1. The maximum Gasteiger partial charge on any atom is -0.00163 e. The molecule has 0 N–H and O–H groups in total. The van der Waals surface area contributed by atoms with Crippen LogP contribution in [-0.2, 0) is 0 Å². The molecule has 1 saturated heterocycles. The lowest BCUT2D eigenvalue weighted by Crippen LogP contribution is -2.32. The van der Waals surface area contributed by atoms with Gasteiger partial charge in [-0.05, 0) is 38.4 Å². The van der Waals surface area contributed by atoms with Gasteiger partial charge >= 0.3 is 0 Å². The summed E-state index contributed by atoms with van der Waals surface area (Å²) >= 11 is 0. The zero-order chi connectivity index (χ0) is 6.69. The Morgan fingerprint density at radius 2 is 1.89 bits per heavy atom. The average molecular weight is 127 g/mol. The Morgan fingerprint density at radius 3 is 2.33 bits per heavy atom. The summed E-state index contributed by atoms with van der Waals surface area (Å²) in [4.78, 5) is 2.53. The molecule has 1 fully saturated rings. The predicted octanol–water partition coefficient (Wildman–Crippen LogP) is 1.74. The highest BCUT2D eigenvalue weighted by molar-refractivity contribution is 4.67. The van der Waals surface area contributed by atoms with Crippen LogP contribution in [-0.4, -0.2) is 24.5 Å². The van der Waals surface area contributed by atoms with E-state index in [9.17, 15) is 0 Å². The van der Waals surface area contributed by atoms with E-state index in [4.69, 9.17) is 0 Å². The average Bonchev–Trinajstić information content (AvgIpc) is 1.90. The molecule has 1 heterocycles. The fourth-order valence-corrected chi connectivity index (χ4v) is 1.38. The van der Waals surface area contributed by atoms with Crippen LogP contribution in [0.2, 0.25) is 0 Å². The van der Waals surface area contributed by atoms with Crippen LogP contribution in [0.5, 0.6) is 0 Å². The molecule has 0 spiro atoms. The highest BCUT2D eigenvalue weighted by Gasteiger charge is 2.12. The fourth-order valence-electron chi connectivity index (χ4n) is 1.38. The van der Waals surface area contributed by atoms with E-state index in [0.29, 0.717) is 0 Å². The summed E-state index contributed by atoms with van der Waals surface area (Å²) in [5.41, 5.74) is 0. The number of nitrogens with zero attached hydrogens (tertiary/aromatic N) is 1. The van der Waals surface area contributed by atoms with Crippen LogP contribution in [0.1, 0.15) is 26.7 Å². The molecule has 54 valence electrons. The molecule has 0 aromatic carbocycles. The van der Waals surface area contributed by atoms with E-state index in [1.54, 1.807) is 0 Å². The Kier molecular flexibility index (Phi) is 2.52. The van der Waals surface area contributed by atoms with E-state index in [1.165, 1.54) is 32.5 Å². The van der Waals surface area contributed by atoms with Crippen molar-refractivity contribution in [1.29, 1.82) is 0 Å². The lowest BCUT2D eigenvalue weighted by molar-refractivity contribution is 0.201. The predicted molar refractivity (Wildman–Crippen MR) is 40.5 cm³/mol. The SMILES string of the molecule is CCN1CCC(C)CC1. The molecular weight excluding hydrogens is 110 g/mol. The van der Waals surface area contributed by atoms with Crippen molar-refractivity contribution in [1.82, 2.24) is 4.90 Å². The van der Waals surface area contributed by atoms with Crippen molar-refractivity contribution in [3.8, 4) is 0 Å². The maximum absolute atomic E-state index is 2.53. The van der Waals surface area contributed by atoms with Crippen molar-refractivity contribution in [2.24, 2.45) is 5.92 Å². The number of hydrogen-bond donors (Lipinski definition) is 0. The third kappa shape index (κ3) is 1.98. The minimum absolute atomic E-state index is 0.979. The lowest BCUT2D eigenvalue weighted by Gasteiger charge is -2.28. The third-order valence-corrected chi connectivity index (χ3v) is 2.32. The zero-order valence-corrected chi connectivity index (χ0v) is 6.56. The Labute approximate surface area is 58.0 Å². The summed E-state index contributed by atoms with van der Waals surface area (Å²) in [6.45, 7) is 8.51. The zero-order valence-electron chi connectivity index (χ0n) is 6.56. The van der Waals surface area contributed by atoms with Gasteiger partial charge in [0.15, 0.2) is 0 Å². The van der Waals surface area contributed by atoms with E-state index in [2.05, 4.69) is 18.7 Å². The molecule has 0 atom stereocenters. The van der Waals surface area contributed by atoms with Gasteiger partial charge in [-0.2, -0.15) is 0 Å². The van der Waals surface area contributed by atoms with Gasteiger partial charge in [-0.25, -0.2) is 0 Å². The van der Waals surface area contributed by atoms with E-state index >= 15 is 0 Å². The number of hydrogen-bond acceptors (Lipinski definition) is 1. The first kappa shape index (κ1) is 7.07. The van der Waals surface area contributed by atoms with Crippen LogP contribution in [0.3, 0.4) is 0 Å². The van der Waals surface area contributed by atoms with Crippen molar-refractivity contribution in [2.45, 2.75) is 26.7 Å². The van der Waals surface area contributed by atoms with Crippen molar-refractivity contribution >= 4 is 0 Å². The first-order chi connectivity index (χ1) is 4.33. The highest BCUT2D eigenvalue weighted by atomic mass is 15.1. The van der Waals surface area contributed by atoms with Crippen LogP contribution >= 0.6 is 0 Å². The molecule has 0 amide bonds. The molecule has 0 radical (unpaired) electrons. The largest absolute Gasteiger partial charge is 0.304 e. The van der Waals surface area contributed by atoms with Gasteiger partial charge in [0.2, 0.25) is 0 Å². The van der Waals surface area contributed by atoms with Gasteiger partial charge in [0.05, 0.1) is 0 Å². The highest BCUT2D eigenvalue weighted by Crippen LogP contribution is 2.14. The Morgan fingerprint density at radius 1 is 1.33 bits per heavy atom. The monoisotopic (exact) mass is 127 g/mol. The van der Waals surface area contributed by atoms with Gasteiger partial charge in [-0.3, -0.25) is 0 Å². The van der Waals surface area contributed by atoms with Crippen LogP contribution in [0.25, 0.3) is 0 Å². The molecule has 1 aliphatic heterocycles. The molecule has 0 saturated carbocycles. The van der Waals surface area contributed by atoms with Gasteiger partial charge in [-0.15, -0.1) is 0 Å². The van der Waals surface area contributed by atoms with Gasteiger partial charge in [0.1, 0.15) is 0 Å². The summed E-state index contributed by atoms with van der Waals surface area (Å²) in [6, 6.07) is 0. The first-order valence-corrected chi connectivity index (χ1v) is 4.05. The molecule has 0 aromatic rings. The molecule has 0 aromatic heterocycles. The topological polar surface area (TPSA) is 3.24 Å². The summed E-state index contributed by atoms with van der Waals surface area (Å²) < 4.78 is 0. The van der Waals surface area contributed by atoms with Gasteiger partial charge in [-0.1, -0.05) is 13.8 Å². The summed E-state index contributed by atoms with van der Waals surface area (Å²) in [6.07, 6.45) is 2.82. The summed E-state index contributed by atoms with van der Waals surface area (Å²) in [7, 11) is 0. The summed E-state index contributed by atoms with van der Waals surface area (Å²) in [5, 5.41) is 0. The molecule has 0 bridgehead atoms. The second-order valence-corrected chi connectivity index (χ2v) is 3.12. The fraction of sp³-hybridized carbons (Fsp3) is 1.00. The molecule has 1 rings (SSSR count). The Hall–Kier alpha value is -0.0400. The molecule has 1 heteroatoms. The second-order valence-electron chi connectivity index (χ2n) is 3.12. The van der Waals surface area contributed by atoms with Crippen LogP contribution < -0.4 is 0 Å². The van der Waals surface area contributed by atoms with Crippen molar-refractivity contribution in [3.63, 3.8) is 0 Å². The molecular formula is C8H17N. The second kappa shape index (κ2) is 3.21. The standard InChI is InChI=1S/C8H17N/c1-3-9-6-4-8(2)5-7-9/h8H,3-7H2,1-2H3.